The van der Waals surface area contributed by atoms with Gasteiger partial charge in [-0.05, 0) is 58.5 Å². The third-order valence-electron chi connectivity index (χ3n) is 3.53. The van der Waals surface area contributed by atoms with E-state index in [-0.39, 0.29) is 0 Å². The molecule has 2 atom stereocenters. The first-order valence-corrected chi connectivity index (χ1v) is 6.17. The average Bonchev–Trinajstić information content (AvgIpc) is 2.84. The molecule has 2 unspecified atom stereocenters. The third kappa shape index (κ3) is 2.15. The van der Waals surface area contributed by atoms with Gasteiger partial charge in [-0.15, -0.1) is 0 Å². The molecule has 0 aromatic carbocycles. The molecule has 90 valence electrons. The Kier molecular flexibility index (Phi) is 3.66. The van der Waals surface area contributed by atoms with Crippen molar-refractivity contribution in [3.05, 3.63) is 24.2 Å². The number of hydrogen-bond acceptors (Lipinski definition) is 3. The SMILES string of the molecule is CNCC1CCN(C(C)C)C1c1ccco1. The van der Waals surface area contributed by atoms with Crippen LogP contribution in [0.1, 0.15) is 32.1 Å². The summed E-state index contributed by atoms with van der Waals surface area (Å²) >= 11 is 0. The van der Waals surface area contributed by atoms with Gasteiger partial charge in [-0.3, -0.25) is 4.90 Å². The first-order chi connectivity index (χ1) is 7.74. The fraction of sp³-hybridized carbons (Fsp3) is 0.692. The van der Waals surface area contributed by atoms with E-state index in [4.69, 9.17) is 4.42 Å². The molecule has 1 aromatic heterocycles. The number of nitrogens with zero attached hydrogens (tertiary/aromatic N) is 1. The second-order valence-corrected chi connectivity index (χ2v) is 4.90. The second kappa shape index (κ2) is 5.02. The highest BCUT2D eigenvalue weighted by Crippen LogP contribution is 2.38. The molecule has 0 radical (unpaired) electrons. The van der Waals surface area contributed by atoms with Crippen LogP contribution in [0.3, 0.4) is 0 Å². The lowest BCUT2D eigenvalue weighted by molar-refractivity contribution is 0.160. The number of hydrogen-bond donors (Lipinski definition) is 1. The standard InChI is InChI=1S/C13H22N2O/c1-10(2)15-7-6-11(9-14-3)13(15)12-5-4-8-16-12/h4-5,8,10-11,13-14H,6-7,9H2,1-3H3. The van der Waals surface area contributed by atoms with Crippen LogP contribution in [0.5, 0.6) is 0 Å². The highest BCUT2D eigenvalue weighted by Gasteiger charge is 2.37. The minimum Gasteiger partial charge on any atom is -0.468 e. The fourth-order valence-corrected chi connectivity index (χ4v) is 2.79. The first-order valence-electron chi connectivity index (χ1n) is 6.17. The van der Waals surface area contributed by atoms with E-state index >= 15 is 0 Å². The maximum Gasteiger partial charge on any atom is 0.121 e. The van der Waals surface area contributed by atoms with Crippen molar-refractivity contribution in [3.8, 4) is 0 Å². The van der Waals surface area contributed by atoms with E-state index in [1.807, 2.05) is 13.1 Å². The van der Waals surface area contributed by atoms with Crippen LogP contribution < -0.4 is 5.32 Å². The molecule has 1 aromatic rings. The lowest BCUT2D eigenvalue weighted by atomic mass is 9.98. The molecule has 1 aliphatic rings. The lowest BCUT2D eigenvalue weighted by Gasteiger charge is -2.29. The van der Waals surface area contributed by atoms with Gasteiger partial charge in [0.25, 0.3) is 0 Å². The smallest absolute Gasteiger partial charge is 0.121 e. The molecule has 3 nitrogen and oxygen atoms in total. The van der Waals surface area contributed by atoms with Crippen LogP contribution in [-0.2, 0) is 0 Å². The van der Waals surface area contributed by atoms with Crippen LogP contribution in [0, 0.1) is 5.92 Å². The minimum absolute atomic E-state index is 0.447. The summed E-state index contributed by atoms with van der Waals surface area (Å²) in [5, 5.41) is 3.29. The van der Waals surface area contributed by atoms with Crippen molar-refractivity contribution in [3.63, 3.8) is 0 Å². The predicted octanol–water partition coefficient (Wildman–Crippen LogP) is 2.27. The van der Waals surface area contributed by atoms with Gasteiger partial charge in [-0.25, -0.2) is 0 Å². The van der Waals surface area contributed by atoms with E-state index < -0.39 is 0 Å². The molecule has 0 spiro atoms. The molecule has 1 fully saturated rings. The summed E-state index contributed by atoms with van der Waals surface area (Å²) in [5.41, 5.74) is 0. The van der Waals surface area contributed by atoms with Crippen LogP contribution in [0.25, 0.3) is 0 Å². The van der Waals surface area contributed by atoms with Crippen molar-refractivity contribution in [1.82, 2.24) is 10.2 Å². The van der Waals surface area contributed by atoms with Gasteiger partial charge in [0.2, 0.25) is 0 Å². The Morgan fingerprint density at radius 3 is 2.94 bits per heavy atom. The topological polar surface area (TPSA) is 28.4 Å². The van der Waals surface area contributed by atoms with Crippen LogP contribution in [0.2, 0.25) is 0 Å². The predicted molar refractivity (Wildman–Crippen MR) is 65.3 cm³/mol. The van der Waals surface area contributed by atoms with Gasteiger partial charge in [0.1, 0.15) is 5.76 Å². The van der Waals surface area contributed by atoms with Gasteiger partial charge in [0.15, 0.2) is 0 Å². The largest absolute Gasteiger partial charge is 0.468 e. The molecular weight excluding hydrogens is 200 g/mol. The Bertz CT molecular complexity index is 308. The monoisotopic (exact) mass is 222 g/mol. The molecule has 1 saturated heterocycles. The molecule has 2 rings (SSSR count). The Balaban J connectivity index is 2.19. The lowest BCUT2D eigenvalue weighted by Crippen LogP contribution is -2.33. The quantitative estimate of drug-likeness (QED) is 0.847. The van der Waals surface area contributed by atoms with Gasteiger partial charge in [-0.1, -0.05) is 0 Å². The molecule has 3 heteroatoms. The van der Waals surface area contributed by atoms with E-state index in [9.17, 15) is 0 Å². The van der Waals surface area contributed by atoms with Gasteiger partial charge < -0.3 is 9.73 Å². The summed E-state index contributed by atoms with van der Waals surface area (Å²) in [6, 6.07) is 5.12. The van der Waals surface area contributed by atoms with Crippen molar-refractivity contribution < 1.29 is 4.42 Å². The zero-order chi connectivity index (χ0) is 11.5. The summed E-state index contributed by atoms with van der Waals surface area (Å²) < 4.78 is 5.60. The average molecular weight is 222 g/mol. The molecule has 0 saturated carbocycles. The van der Waals surface area contributed by atoms with Crippen LogP contribution in [0.4, 0.5) is 0 Å². The molecule has 0 amide bonds. The number of furan rings is 1. The van der Waals surface area contributed by atoms with Crippen LogP contribution in [0.15, 0.2) is 22.8 Å². The van der Waals surface area contributed by atoms with Crippen molar-refractivity contribution >= 4 is 0 Å². The Hall–Kier alpha value is -0.800. The number of nitrogens with one attached hydrogen (secondary N) is 1. The van der Waals surface area contributed by atoms with E-state index in [1.54, 1.807) is 6.26 Å². The van der Waals surface area contributed by atoms with E-state index in [2.05, 4.69) is 30.1 Å². The third-order valence-corrected chi connectivity index (χ3v) is 3.53. The van der Waals surface area contributed by atoms with Crippen LogP contribution >= 0.6 is 0 Å². The molecule has 1 aliphatic heterocycles. The summed E-state index contributed by atoms with van der Waals surface area (Å²) in [6.07, 6.45) is 3.03. The summed E-state index contributed by atoms with van der Waals surface area (Å²) in [5.74, 6) is 1.78. The van der Waals surface area contributed by atoms with E-state index in [1.165, 1.54) is 13.0 Å². The zero-order valence-corrected chi connectivity index (χ0v) is 10.4. The maximum absolute atomic E-state index is 5.60. The highest BCUT2D eigenvalue weighted by atomic mass is 16.3. The summed E-state index contributed by atoms with van der Waals surface area (Å²) in [7, 11) is 2.03. The van der Waals surface area contributed by atoms with Gasteiger partial charge in [-0.2, -0.15) is 0 Å². The first kappa shape index (κ1) is 11.7. The van der Waals surface area contributed by atoms with Crippen molar-refractivity contribution in [2.75, 3.05) is 20.1 Å². The van der Waals surface area contributed by atoms with Gasteiger partial charge in [0.05, 0.1) is 12.3 Å². The Morgan fingerprint density at radius 2 is 2.38 bits per heavy atom. The number of likely N-dealkylation sites (tertiary alicyclic amines) is 1. The normalized spacial score (nSPS) is 26.8. The molecule has 0 aliphatic carbocycles. The molecule has 16 heavy (non-hydrogen) atoms. The fourth-order valence-electron chi connectivity index (χ4n) is 2.79. The van der Waals surface area contributed by atoms with Gasteiger partial charge in [0, 0.05) is 6.04 Å². The molecular formula is C13H22N2O. The van der Waals surface area contributed by atoms with Gasteiger partial charge >= 0.3 is 0 Å². The second-order valence-electron chi connectivity index (χ2n) is 4.90. The highest BCUT2D eigenvalue weighted by molar-refractivity contribution is 5.09. The number of rotatable bonds is 4. The Morgan fingerprint density at radius 1 is 1.56 bits per heavy atom. The minimum atomic E-state index is 0.447. The maximum atomic E-state index is 5.60. The molecule has 0 bridgehead atoms. The van der Waals surface area contributed by atoms with Crippen molar-refractivity contribution in [1.29, 1.82) is 0 Å². The van der Waals surface area contributed by atoms with E-state index in [0.29, 0.717) is 18.0 Å². The summed E-state index contributed by atoms with van der Waals surface area (Å²) in [6.45, 7) is 6.76. The van der Waals surface area contributed by atoms with Crippen molar-refractivity contribution in [2.45, 2.75) is 32.4 Å². The molecule has 2 heterocycles. The van der Waals surface area contributed by atoms with Crippen molar-refractivity contribution in [2.24, 2.45) is 5.92 Å². The zero-order valence-electron chi connectivity index (χ0n) is 10.4. The Labute approximate surface area is 97.8 Å². The van der Waals surface area contributed by atoms with E-state index in [0.717, 1.165) is 12.3 Å². The summed E-state index contributed by atoms with van der Waals surface area (Å²) in [4.78, 5) is 2.54. The molecule has 1 N–H and O–H groups in total. The van der Waals surface area contributed by atoms with Crippen LogP contribution in [-0.4, -0.2) is 31.1 Å².